The van der Waals surface area contributed by atoms with Crippen LogP contribution >= 0.6 is 0 Å². The number of nitrogens with zero attached hydrogens (tertiary/aromatic N) is 3. The summed E-state index contributed by atoms with van der Waals surface area (Å²) in [5.41, 5.74) is 5.18. The van der Waals surface area contributed by atoms with Gasteiger partial charge in [0, 0.05) is 29.1 Å². The molecule has 0 unspecified atom stereocenters. The molecule has 7 nitrogen and oxygen atoms in total. The lowest BCUT2D eigenvalue weighted by atomic mass is 9.98. The Morgan fingerprint density at radius 1 is 1.00 bits per heavy atom. The Hall–Kier alpha value is -3.61. The lowest BCUT2D eigenvalue weighted by Crippen LogP contribution is -1.95. The van der Waals surface area contributed by atoms with Crippen LogP contribution in [-0.2, 0) is 0 Å². The number of aromatic nitrogens is 4. The Labute approximate surface area is 168 Å². The van der Waals surface area contributed by atoms with Gasteiger partial charge in [0.1, 0.15) is 5.75 Å². The molecular weight excluding hydrogens is 368 g/mol. The van der Waals surface area contributed by atoms with Gasteiger partial charge in [0.15, 0.2) is 17.1 Å². The van der Waals surface area contributed by atoms with Crippen LogP contribution in [0.25, 0.3) is 33.5 Å². The fourth-order valence-corrected chi connectivity index (χ4v) is 3.36. The second-order valence-electron chi connectivity index (χ2n) is 7.31. The maximum atomic E-state index is 10.4. The normalized spacial score (nSPS) is 11.3. The molecule has 0 radical (unpaired) electrons. The highest BCUT2D eigenvalue weighted by molar-refractivity contribution is 5.96. The number of methoxy groups -OCH3 is 1. The molecule has 0 saturated carbocycles. The van der Waals surface area contributed by atoms with Gasteiger partial charge in [-0.25, -0.2) is 4.98 Å². The van der Waals surface area contributed by atoms with Crippen molar-refractivity contribution in [3.63, 3.8) is 0 Å². The molecule has 29 heavy (non-hydrogen) atoms. The van der Waals surface area contributed by atoms with Crippen LogP contribution in [-0.4, -0.2) is 37.5 Å². The minimum atomic E-state index is -0.142. The van der Waals surface area contributed by atoms with Gasteiger partial charge in [0.2, 0.25) is 0 Å². The topological polar surface area (TPSA) is 104 Å². The van der Waals surface area contributed by atoms with E-state index in [2.05, 4.69) is 34.0 Å². The number of aromatic hydroxyl groups is 2. The van der Waals surface area contributed by atoms with Gasteiger partial charge < -0.3 is 14.9 Å². The Morgan fingerprint density at radius 2 is 1.79 bits per heavy atom. The quantitative estimate of drug-likeness (QED) is 0.473. The fourth-order valence-electron chi connectivity index (χ4n) is 3.36. The highest BCUT2D eigenvalue weighted by Gasteiger charge is 2.20. The van der Waals surface area contributed by atoms with E-state index in [1.165, 1.54) is 13.2 Å². The van der Waals surface area contributed by atoms with Crippen molar-refractivity contribution in [3.05, 3.63) is 47.8 Å². The maximum Gasteiger partial charge on any atom is 0.182 e. The molecule has 1 aromatic carbocycles. The van der Waals surface area contributed by atoms with Crippen LogP contribution < -0.4 is 4.74 Å². The number of fused-ring (bicyclic) bond motifs is 1. The number of H-pyrrole nitrogens is 1. The molecule has 0 aliphatic rings. The lowest BCUT2D eigenvalue weighted by molar-refractivity contribution is 0.370. The van der Waals surface area contributed by atoms with Gasteiger partial charge in [-0.1, -0.05) is 19.9 Å². The van der Waals surface area contributed by atoms with E-state index in [1.54, 1.807) is 6.07 Å². The number of rotatable bonds is 4. The highest BCUT2D eigenvalue weighted by Crippen LogP contribution is 2.41. The smallest absolute Gasteiger partial charge is 0.182 e. The molecule has 0 saturated heterocycles. The molecular formula is C22H22N4O3. The van der Waals surface area contributed by atoms with Crippen molar-refractivity contribution in [1.29, 1.82) is 0 Å². The maximum absolute atomic E-state index is 10.4. The molecule has 0 amide bonds. The molecule has 4 rings (SSSR count). The molecule has 3 N–H and O–H groups in total. The number of ether oxygens (including phenoxy) is 1. The number of phenolic OH excluding ortho intramolecular Hbond substituents is 2. The van der Waals surface area contributed by atoms with E-state index in [-0.39, 0.29) is 23.2 Å². The zero-order valence-electron chi connectivity index (χ0n) is 16.7. The Kier molecular flexibility index (Phi) is 4.58. The minimum Gasteiger partial charge on any atom is -0.507 e. The van der Waals surface area contributed by atoms with Gasteiger partial charge in [-0.05, 0) is 36.6 Å². The standard InChI is InChI=1S/C22H22N4O3/c1-11(2)21-20-14(15-6-5-12(3)10-23-15)7-16(24-22(20)26-25-21)13-8-19(29-4)18(28)9-17(13)27/h5-11,27-28H,1-4H3,(H,24,25,26). The SMILES string of the molecule is COc1cc(-c2cc(-c3ccc(C)cn3)c3c(C(C)C)[nH]nc3n2)c(O)cc1O. The molecule has 0 atom stereocenters. The molecule has 0 bridgehead atoms. The number of nitrogens with one attached hydrogen (secondary N) is 1. The number of aryl methyl sites for hydroxylation is 1. The van der Waals surface area contributed by atoms with Gasteiger partial charge in [0.25, 0.3) is 0 Å². The summed E-state index contributed by atoms with van der Waals surface area (Å²) in [6, 6.07) is 8.65. The number of hydrogen-bond acceptors (Lipinski definition) is 6. The van der Waals surface area contributed by atoms with Crippen LogP contribution in [0.1, 0.15) is 31.0 Å². The average Bonchev–Trinajstić information content (AvgIpc) is 3.12. The highest BCUT2D eigenvalue weighted by atomic mass is 16.5. The summed E-state index contributed by atoms with van der Waals surface area (Å²) in [5, 5.41) is 28.7. The lowest BCUT2D eigenvalue weighted by Gasteiger charge is -2.12. The van der Waals surface area contributed by atoms with E-state index in [9.17, 15) is 10.2 Å². The number of benzene rings is 1. The summed E-state index contributed by atoms with van der Waals surface area (Å²) in [7, 11) is 1.46. The molecule has 0 spiro atoms. The molecule has 3 aromatic heterocycles. The van der Waals surface area contributed by atoms with E-state index >= 15 is 0 Å². The molecule has 148 valence electrons. The summed E-state index contributed by atoms with van der Waals surface area (Å²) in [4.78, 5) is 9.24. The zero-order chi connectivity index (χ0) is 20.7. The fraction of sp³-hybridized carbons (Fsp3) is 0.227. The summed E-state index contributed by atoms with van der Waals surface area (Å²) in [6.07, 6.45) is 1.82. The first-order valence-electron chi connectivity index (χ1n) is 9.31. The third-order valence-corrected chi connectivity index (χ3v) is 4.89. The third-order valence-electron chi connectivity index (χ3n) is 4.89. The van der Waals surface area contributed by atoms with Crippen LogP contribution in [0, 0.1) is 6.92 Å². The van der Waals surface area contributed by atoms with Crippen LogP contribution in [0.3, 0.4) is 0 Å². The van der Waals surface area contributed by atoms with E-state index in [0.29, 0.717) is 16.9 Å². The van der Waals surface area contributed by atoms with Crippen LogP contribution in [0.5, 0.6) is 17.2 Å². The predicted octanol–water partition coefficient (Wildman–Crippen LogP) is 4.54. The van der Waals surface area contributed by atoms with E-state index in [0.717, 1.165) is 27.9 Å². The monoisotopic (exact) mass is 390 g/mol. The van der Waals surface area contributed by atoms with Crippen LogP contribution in [0.15, 0.2) is 36.5 Å². The van der Waals surface area contributed by atoms with Crippen molar-refractivity contribution in [2.45, 2.75) is 26.7 Å². The molecule has 4 aromatic rings. The summed E-state index contributed by atoms with van der Waals surface area (Å²) < 4.78 is 5.19. The van der Waals surface area contributed by atoms with Gasteiger partial charge in [-0.2, -0.15) is 5.10 Å². The van der Waals surface area contributed by atoms with E-state index in [1.807, 2.05) is 31.3 Å². The van der Waals surface area contributed by atoms with Crippen molar-refractivity contribution < 1.29 is 14.9 Å². The summed E-state index contributed by atoms with van der Waals surface area (Å²) in [6.45, 7) is 6.16. The number of phenols is 2. The number of pyridine rings is 2. The van der Waals surface area contributed by atoms with Gasteiger partial charge in [-0.15, -0.1) is 0 Å². The molecule has 0 aliphatic carbocycles. The van der Waals surface area contributed by atoms with Gasteiger partial charge in [0.05, 0.1) is 23.9 Å². The molecule has 0 aliphatic heterocycles. The van der Waals surface area contributed by atoms with Crippen molar-refractivity contribution in [2.75, 3.05) is 7.11 Å². The Bertz CT molecular complexity index is 1200. The van der Waals surface area contributed by atoms with Crippen molar-refractivity contribution in [3.8, 4) is 39.8 Å². The van der Waals surface area contributed by atoms with E-state index in [4.69, 9.17) is 4.74 Å². The number of aromatic amines is 1. The summed E-state index contributed by atoms with van der Waals surface area (Å²) >= 11 is 0. The van der Waals surface area contributed by atoms with Crippen molar-refractivity contribution in [2.24, 2.45) is 0 Å². The van der Waals surface area contributed by atoms with Gasteiger partial charge >= 0.3 is 0 Å². The number of hydrogen-bond donors (Lipinski definition) is 3. The van der Waals surface area contributed by atoms with E-state index < -0.39 is 0 Å². The summed E-state index contributed by atoms with van der Waals surface area (Å²) in [5.74, 6) is 0.230. The first-order chi connectivity index (χ1) is 13.9. The van der Waals surface area contributed by atoms with Crippen molar-refractivity contribution in [1.82, 2.24) is 20.2 Å². The second kappa shape index (κ2) is 7.09. The minimum absolute atomic E-state index is 0.0995. The van der Waals surface area contributed by atoms with Crippen molar-refractivity contribution >= 4 is 11.0 Å². The Balaban J connectivity index is 2.02. The largest absolute Gasteiger partial charge is 0.507 e. The third kappa shape index (κ3) is 3.24. The first kappa shape index (κ1) is 18.7. The van der Waals surface area contributed by atoms with Crippen LogP contribution in [0.4, 0.5) is 0 Å². The average molecular weight is 390 g/mol. The molecule has 7 heteroatoms. The van der Waals surface area contributed by atoms with Crippen LogP contribution in [0.2, 0.25) is 0 Å². The predicted molar refractivity (Wildman–Crippen MR) is 111 cm³/mol. The zero-order valence-corrected chi connectivity index (χ0v) is 16.7. The molecule has 3 heterocycles. The first-order valence-corrected chi connectivity index (χ1v) is 9.31. The second-order valence-corrected chi connectivity index (χ2v) is 7.31. The molecule has 0 fully saturated rings. The van der Waals surface area contributed by atoms with Gasteiger partial charge in [-0.3, -0.25) is 10.1 Å². The Morgan fingerprint density at radius 3 is 2.45 bits per heavy atom.